The van der Waals surface area contributed by atoms with E-state index in [2.05, 4.69) is 22.7 Å². The van der Waals surface area contributed by atoms with Crippen LogP contribution in [-0.4, -0.2) is 29.5 Å². The third-order valence-electron chi connectivity index (χ3n) is 6.26. The number of rotatable bonds is 3. The van der Waals surface area contributed by atoms with Gasteiger partial charge in [0.2, 0.25) is 0 Å². The molecule has 3 aliphatic carbocycles. The van der Waals surface area contributed by atoms with Crippen molar-refractivity contribution < 1.29 is 4.79 Å². The molecule has 1 heterocycles. The smallest absolute Gasteiger partial charge is 0.270 e. The number of hydrogen-bond acceptors (Lipinski definition) is 3. The van der Waals surface area contributed by atoms with Crippen LogP contribution in [0.5, 0.6) is 0 Å². The summed E-state index contributed by atoms with van der Waals surface area (Å²) in [7, 11) is 2.13. The minimum Gasteiger partial charge on any atom is -0.348 e. The van der Waals surface area contributed by atoms with Gasteiger partial charge in [-0.15, -0.1) is 0 Å². The second-order valence-corrected chi connectivity index (χ2v) is 7.62. The first kappa shape index (κ1) is 14.2. The summed E-state index contributed by atoms with van der Waals surface area (Å²) >= 11 is 0. The molecule has 1 aromatic heterocycles. The van der Waals surface area contributed by atoms with Gasteiger partial charge in [-0.3, -0.25) is 9.78 Å². The molecule has 5 atom stereocenters. The topological polar surface area (TPSA) is 54.0 Å². The van der Waals surface area contributed by atoms with E-state index in [0.717, 1.165) is 30.6 Å². The van der Waals surface area contributed by atoms with E-state index in [-0.39, 0.29) is 5.91 Å². The molecule has 0 radical (unpaired) electrons. The van der Waals surface area contributed by atoms with Crippen LogP contribution in [0.1, 0.15) is 49.0 Å². The Morgan fingerprint density at radius 2 is 2.00 bits per heavy atom. The van der Waals surface area contributed by atoms with Crippen molar-refractivity contribution in [2.24, 2.45) is 17.8 Å². The first-order valence-corrected chi connectivity index (χ1v) is 8.58. The number of pyridine rings is 1. The molecule has 2 N–H and O–H groups in total. The molecule has 3 aliphatic rings. The fourth-order valence-electron chi connectivity index (χ4n) is 5.43. The Balaban J connectivity index is 1.47. The second-order valence-electron chi connectivity index (χ2n) is 7.62. The summed E-state index contributed by atoms with van der Waals surface area (Å²) in [6.45, 7) is 0. The molecule has 3 bridgehead atoms. The van der Waals surface area contributed by atoms with Crippen molar-refractivity contribution in [1.29, 1.82) is 0 Å². The molecule has 1 amide bonds. The molecule has 0 aliphatic heterocycles. The van der Waals surface area contributed by atoms with E-state index < -0.39 is 0 Å². The molecular weight excluding hydrogens is 274 g/mol. The normalized spacial score (nSPS) is 39.5. The first-order chi connectivity index (χ1) is 10.7. The molecule has 0 aromatic carbocycles. The number of aromatic nitrogens is 1. The molecule has 22 heavy (non-hydrogen) atoms. The van der Waals surface area contributed by atoms with E-state index in [9.17, 15) is 4.79 Å². The van der Waals surface area contributed by atoms with Crippen LogP contribution in [0, 0.1) is 17.8 Å². The largest absolute Gasteiger partial charge is 0.348 e. The molecule has 0 spiro atoms. The SMILES string of the molecule is CNC12CC3CC(NC(=O)c4ccccn4)CC(C1)C(C3)C2. The summed E-state index contributed by atoms with van der Waals surface area (Å²) in [5.41, 5.74) is 0.932. The fraction of sp³-hybridized carbons (Fsp3) is 0.667. The Labute approximate surface area is 132 Å². The molecule has 3 fully saturated rings. The van der Waals surface area contributed by atoms with Gasteiger partial charge in [-0.05, 0) is 75.5 Å². The van der Waals surface area contributed by atoms with Crippen LogP contribution in [0.4, 0.5) is 0 Å². The van der Waals surface area contributed by atoms with Gasteiger partial charge in [0.1, 0.15) is 5.69 Å². The summed E-state index contributed by atoms with van der Waals surface area (Å²) in [5, 5.41) is 6.87. The molecule has 118 valence electrons. The predicted octanol–water partition coefficient (Wildman–Crippen LogP) is 2.37. The van der Waals surface area contributed by atoms with Gasteiger partial charge < -0.3 is 10.6 Å². The van der Waals surface area contributed by atoms with E-state index in [1.165, 1.54) is 25.7 Å². The number of hydrogen-bond donors (Lipinski definition) is 2. The predicted molar refractivity (Wildman–Crippen MR) is 85.5 cm³/mol. The van der Waals surface area contributed by atoms with E-state index in [1.807, 2.05) is 12.1 Å². The van der Waals surface area contributed by atoms with Crippen LogP contribution in [-0.2, 0) is 0 Å². The molecule has 4 heteroatoms. The molecular formula is C18H25N3O. The van der Waals surface area contributed by atoms with Gasteiger partial charge in [-0.1, -0.05) is 6.07 Å². The van der Waals surface area contributed by atoms with Crippen molar-refractivity contribution in [2.45, 2.75) is 50.1 Å². The van der Waals surface area contributed by atoms with Crippen LogP contribution in [0.15, 0.2) is 24.4 Å². The lowest BCUT2D eigenvalue weighted by Crippen LogP contribution is -2.46. The zero-order valence-corrected chi connectivity index (χ0v) is 13.2. The van der Waals surface area contributed by atoms with Crippen LogP contribution in [0.3, 0.4) is 0 Å². The van der Waals surface area contributed by atoms with Crippen LogP contribution >= 0.6 is 0 Å². The summed E-state index contributed by atoms with van der Waals surface area (Å²) in [5.74, 6) is 2.38. The van der Waals surface area contributed by atoms with Gasteiger partial charge >= 0.3 is 0 Å². The first-order valence-electron chi connectivity index (χ1n) is 8.58. The van der Waals surface area contributed by atoms with Crippen molar-refractivity contribution >= 4 is 5.91 Å². The van der Waals surface area contributed by atoms with Crippen LogP contribution in [0.25, 0.3) is 0 Å². The van der Waals surface area contributed by atoms with E-state index in [1.54, 1.807) is 12.3 Å². The summed E-state index contributed by atoms with van der Waals surface area (Å²) in [6.07, 6.45) is 9.24. The average molecular weight is 299 g/mol. The molecule has 5 unspecified atom stereocenters. The summed E-state index contributed by atoms with van der Waals surface area (Å²) in [6, 6.07) is 5.83. The van der Waals surface area contributed by atoms with E-state index >= 15 is 0 Å². The Kier molecular flexibility index (Phi) is 3.44. The minimum atomic E-state index is -0.0127. The lowest BCUT2D eigenvalue weighted by molar-refractivity contribution is 0.0915. The third-order valence-corrected chi connectivity index (χ3v) is 6.26. The van der Waals surface area contributed by atoms with Crippen molar-refractivity contribution in [3.8, 4) is 0 Å². The molecule has 4 rings (SSSR count). The zero-order chi connectivity index (χ0) is 15.2. The van der Waals surface area contributed by atoms with Crippen molar-refractivity contribution in [3.63, 3.8) is 0 Å². The second kappa shape index (κ2) is 5.34. The highest BCUT2D eigenvalue weighted by atomic mass is 16.1. The number of nitrogens with one attached hydrogen (secondary N) is 2. The van der Waals surface area contributed by atoms with Crippen molar-refractivity contribution in [1.82, 2.24) is 15.6 Å². The van der Waals surface area contributed by atoms with Gasteiger partial charge in [0, 0.05) is 17.8 Å². The van der Waals surface area contributed by atoms with Gasteiger partial charge in [-0.2, -0.15) is 0 Å². The quantitative estimate of drug-likeness (QED) is 0.901. The fourth-order valence-corrected chi connectivity index (χ4v) is 5.43. The summed E-state index contributed by atoms with van der Waals surface area (Å²) in [4.78, 5) is 16.5. The Hall–Kier alpha value is -1.42. The minimum absolute atomic E-state index is 0.0127. The summed E-state index contributed by atoms with van der Waals surface area (Å²) < 4.78 is 0. The third kappa shape index (κ3) is 2.43. The number of fused-ring (bicyclic) bond motifs is 2. The average Bonchev–Trinajstić information content (AvgIpc) is 2.71. The molecule has 4 nitrogen and oxygen atoms in total. The van der Waals surface area contributed by atoms with Crippen LogP contribution in [0.2, 0.25) is 0 Å². The maximum atomic E-state index is 12.4. The maximum absolute atomic E-state index is 12.4. The number of carbonyl (C=O) groups is 1. The molecule has 0 saturated heterocycles. The molecule has 3 saturated carbocycles. The Morgan fingerprint density at radius 3 is 2.73 bits per heavy atom. The van der Waals surface area contributed by atoms with Crippen LogP contribution < -0.4 is 10.6 Å². The maximum Gasteiger partial charge on any atom is 0.270 e. The zero-order valence-electron chi connectivity index (χ0n) is 13.2. The number of carbonyl (C=O) groups excluding carboxylic acids is 1. The highest BCUT2D eigenvalue weighted by Crippen LogP contribution is 2.55. The van der Waals surface area contributed by atoms with E-state index in [0.29, 0.717) is 17.3 Å². The number of amides is 1. The monoisotopic (exact) mass is 299 g/mol. The van der Waals surface area contributed by atoms with E-state index in [4.69, 9.17) is 0 Å². The highest BCUT2D eigenvalue weighted by molar-refractivity contribution is 5.92. The molecule has 1 aromatic rings. The van der Waals surface area contributed by atoms with Gasteiger partial charge in [0.25, 0.3) is 5.91 Å². The van der Waals surface area contributed by atoms with Crippen molar-refractivity contribution in [3.05, 3.63) is 30.1 Å². The number of nitrogens with zero attached hydrogens (tertiary/aromatic N) is 1. The lowest BCUT2D eigenvalue weighted by Gasteiger charge is -2.39. The highest BCUT2D eigenvalue weighted by Gasteiger charge is 2.52. The Bertz CT molecular complexity index is 557. The lowest BCUT2D eigenvalue weighted by atomic mass is 9.75. The van der Waals surface area contributed by atoms with Gasteiger partial charge in [-0.25, -0.2) is 0 Å². The Morgan fingerprint density at radius 1 is 1.18 bits per heavy atom. The van der Waals surface area contributed by atoms with Gasteiger partial charge in [0.05, 0.1) is 0 Å². The van der Waals surface area contributed by atoms with Crippen molar-refractivity contribution in [2.75, 3.05) is 7.05 Å². The van der Waals surface area contributed by atoms with Gasteiger partial charge in [0.15, 0.2) is 0 Å². The standard InChI is InChI=1S/C18H25N3O/c1-19-18-9-12-6-13(10-18)14(11-18)8-15(7-12)21-17(22)16-4-2-3-5-20-16/h2-5,12-15,19H,6-11H2,1H3,(H,21,22).